The molecular formula is C15H17NO3. The van der Waals surface area contributed by atoms with E-state index in [1.807, 2.05) is 30.3 Å². The van der Waals surface area contributed by atoms with Crippen molar-refractivity contribution in [1.82, 2.24) is 4.98 Å². The molecule has 0 radical (unpaired) electrons. The summed E-state index contributed by atoms with van der Waals surface area (Å²) in [5, 5.41) is 10.4. The highest BCUT2D eigenvalue weighted by Gasteiger charge is 2.18. The summed E-state index contributed by atoms with van der Waals surface area (Å²) in [7, 11) is 3.16. The van der Waals surface area contributed by atoms with E-state index in [4.69, 9.17) is 9.47 Å². The molecule has 1 heterocycles. The Hall–Kier alpha value is -2.07. The van der Waals surface area contributed by atoms with Crippen molar-refractivity contribution in [3.8, 4) is 11.5 Å². The van der Waals surface area contributed by atoms with Crippen molar-refractivity contribution in [1.29, 1.82) is 0 Å². The van der Waals surface area contributed by atoms with Gasteiger partial charge in [-0.1, -0.05) is 6.07 Å². The largest absolute Gasteiger partial charge is 0.496 e. The first-order valence-corrected chi connectivity index (χ1v) is 6.04. The number of hydrogen-bond donors (Lipinski definition) is 1. The van der Waals surface area contributed by atoms with Crippen LogP contribution in [0.3, 0.4) is 0 Å². The Bertz CT molecular complexity index is 506. The summed E-state index contributed by atoms with van der Waals surface area (Å²) in [5.41, 5.74) is 1.68. The van der Waals surface area contributed by atoms with Crippen LogP contribution < -0.4 is 9.47 Å². The first kappa shape index (κ1) is 13.4. The van der Waals surface area contributed by atoms with Crippen LogP contribution in [0.15, 0.2) is 42.7 Å². The molecule has 0 aliphatic rings. The van der Waals surface area contributed by atoms with Crippen LogP contribution in [0.2, 0.25) is 0 Å². The highest BCUT2D eigenvalue weighted by molar-refractivity contribution is 5.46. The molecular weight excluding hydrogens is 242 g/mol. The van der Waals surface area contributed by atoms with Crippen molar-refractivity contribution in [2.75, 3.05) is 14.2 Å². The van der Waals surface area contributed by atoms with Gasteiger partial charge in [0.1, 0.15) is 11.5 Å². The summed E-state index contributed by atoms with van der Waals surface area (Å²) in [6, 6.07) is 9.22. The van der Waals surface area contributed by atoms with Crippen LogP contribution >= 0.6 is 0 Å². The zero-order valence-corrected chi connectivity index (χ0v) is 11.0. The Labute approximate surface area is 112 Å². The molecule has 1 N–H and O–H groups in total. The summed E-state index contributed by atoms with van der Waals surface area (Å²) in [6.45, 7) is 0. The molecule has 0 amide bonds. The van der Waals surface area contributed by atoms with Crippen molar-refractivity contribution in [2.24, 2.45) is 0 Å². The van der Waals surface area contributed by atoms with Gasteiger partial charge >= 0.3 is 0 Å². The second kappa shape index (κ2) is 6.20. The SMILES string of the molecule is COc1cccc(OC)c1C(O)Cc1ccncc1. The van der Waals surface area contributed by atoms with E-state index < -0.39 is 6.10 Å². The minimum absolute atomic E-state index is 0.485. The normalized spacial score (nSPS) is 11.9. The van der Waals surface area contributed by atoms with Crippen molar-refractivity contribution in [3.05, 3.63) is 53.9 Å². The number of aliphatic hydroxyl groups excluding tert-OH is 1. The second-order valence-corrected chi connectivity index (χ2v) is 4.15. The summed E-state index contributed by atoms with van der Waals surface area (Å²) in [6.07, 6.45) is 3.22. The predicted molar refractivity (Wildman–Crippen MR) is 72.4 cm³/mol. The maximum atomic E-state index is 10.4. The Morgan fingerprint density at radius 3 is 2.16 bits per heavy atom. The molecule has 0 aliphatic heterocycles. The molecule has 100 valence electrons. The Morgan fingerprint density at radius 2 is 1.63 bits per heavy atom. The average molecular weight is 259 g/mol. The molecule has 4 nitrogen and oxygen atoms in total. The van der Waals surface area contributed by atoms with Gasteiger partial charge in [-0.05, 0) is 29.8 Å². The third kappa shape index (κ3) is 3.03. The van der Waals surface area contributed by atoms with Gasteiger partial charge in [-0.15, -0.1) is 0 Å². The minimum Gasteiger partial charge on any atom is -0.496 e. The van der Waals surface area contributed by atoms with Crippen LogP contribution in [-0.2, 0) is 6.42 Å². The molecule has 1 atom stereocenters. The smallest absolute Gasteiger partial charge is 0.128 e. The molecule has 0 fully saturated rings. The summed E-state index contributed by atoms with van der Waals surface area (Å²) in [4.78, 5) is 3.96. The maximum Gasteiger partial charge on any atom is 0.128 e. The first-order chi connectivity index (χ1) is 9.26. The average Bonchev–Trinajstić information content (AvgIpc) is 2.47. The van der Waals surface area contributed by atoms with Gasteiger partial charge in [0.05, 0.1) is 25.9 Å². The zero-order valence-electron chi connectivity index (χ0n) is 11.0. The van der Waals surface area contributed by atoms with E-state index >= 15 is 0 Å². The molecule has 1 aromatic heterocycles. The Kier molecular flexibility index (Phi) is 4.36. The number of hydrogen-bond acceptors (Lipinski definition) is 4. The maximum absolute atomic E-state index is 10.4. The number of aromatic nitrogens is 1. The first-order valence-electron chi connectivity index (χ1n) is 6.04. The van der Waals surface area contributed by atoms with Gasteiger partial charge in [0.2, 0.25) is 0 Å². The van der Waals surface area contributed by atoms with Gasteiger partial charge in [0.15, 0.2) is 0 Å². The fourth-order valence-electron chi connectivity index (χ4n) is 2.05. The molecule has 0 bridgehead atoms. The molecule has 2 rings (SSSR count). The van der Waals surface area contributed by atoms with Crippen LogP contribution in [0.1, 0.15) is 17.2 Å². The molecule has 4 heteroatoms. The van der Waals surface area contributed by atoms with Gasteiger partial charge in [-0.25, -0.2) is 0 Å². The lowest BCUT2D eigenvalue weighted by Crippen LogP contribution is -2.06. The van der Waals surface area contributed by atoms with Gasteiger partial charge in [-0.2, -0.15) is 0 Å². The molecule has 1 unspecified atom stereocenters. The van der Waals surface area contributed by atoms with E-state index in [1.54, 1.807) is 26.6 Å². The van der Waals surface area contributed by atoms with Crippen LogP contribution in [0.4, 0.5) is 0 Å². The third-order valence-corrected chi connectivity index (χ3v) is 2.98. The Balaban J connectivity index is 2.30. The molecule has 1 aromatic carbocycles. The lowest BCUT2D eigenvalue weighted by Gasteiger charge is -2.18. The van der Waals surface area contributed by atoms with E-state index in [0.717, 1.165) is 5.56 Å². The van der Waals surface area contributed by atoms with Crippen LogP contribution in [0.5, 0.6) is 11.5 Å². The number of ether oxygens (including phenoxy) is 2. The van der Waals surface area contributed by atoms with Crippen molar-refractivity contribution in [3.63, 3.8) is 0 Å². The zero-order chi connectivity index (χ0) is 13.7. The van der Waals surface area contributed by atoms with Gasteiger partial charge in [-0.3, -0.25) is 4.98 Å². The van der Waals surface area contributed by atoms with Crippen molar-refractivity contribution >= 4 is 0 Å². The number of rotatable bonds is 5. The molecule has 0 saturated carbocycles. The number of methoxy groups -OCH3 is 2. The van der Waals surface area contributed by atoms with E-state index in [0.29, 0.717) is 23.5 Å². The van der Waals surface area contributed by atoms with E-state index in [9.17, 15) is 5.11 Å². The fourth-order valence-corrected chi connectivity index (χ4v) is 2.05. The van der Waals surface area contributed by atoms with E-state index in [-0.39, 0.29) is 0 Å². The third-order valence-electron chi connectivity index (χ3n) is 2.98. The topological polar surface area (TPSA) is 51.6 Å². The molecule has 2 aromatic rings. The van der Waals surface area contributed by atoms with Crippen LogP contribution in [0.25, 0.3) is 0 Å². The Morgan fingerprint density at radius 1 is 1.05 bits per heavy atom. The number of aliphatic hydroxyl groups is 1. The van der Waals surface area contributed by atoms with Crippen LogP contribution in [-0.4, -0.2) is 24.3 Å². The quantitative estimate of drug-likeness (QED) is 0.895. The molecule has 0 saturated heterocycles. The highest BCUT2D eigenvalue weighted by atomic mass is 16.5. The van der Waals surface area contributed by atoms with Gasteiger partial charge < -0.3 is 14.6 Å². The number of nitrogens with zero attached hydrogens (tertiary/aromatic N) is 1. The monoisotopic (exact) mass is 259 g/mol. The lowest BCUT2D eigenvalue weighted by atomic mass is 10.0. The molecule has 19 heavy (non-hydrogen) atoms. The number of benzene rings is 1. The summed E-state index contributed by atoms with van der Waals surface area (Å²) >= 11 is 0. The summed E-state index contributed by atoms with van der Waals surface area (Å²) in [5.74, 6) is 1.25. The van der Waals surface area contributed by atoms with Gasteiger partial charge in [0.25, 0.3) is 0 Å². The minimum atomic E-state index is -0.687. The fraction of sp³-hybridized carbons (Fsp3) is 0.267. The molecule has 0 spiro atoms. The van der Waals surface area contributed by atoms with Crippen molar-refractivity contribution < 1.29 is 14.6 Å². The van der Waals surface area contributed by atoms with E-state index in [1.165, 1.54) is 0 Å². The standard InChI is InChI=1S/C15H17NO3/c1-18-13-4-3-5-14(19-2)15(13)12(17)10-11-6-8-16-9-7-11/h3-9,12,17H,10H2,1-2H3. The highest BCUT2D eigenvalue weighted by Crippen LogP contribution is 2.35. The van der Waals surface area contributed by atoms with Crippen LogP contribution in [0, 0.1) is 0 Å². The van der Waals surface area contributed by atoms with Gasteiger partial charge in [0, 0.05) is 18.8 Å². The predicted octanol–water partition coefficient (Wildman–Crippen LogP) is 2.37. The van der Waals surface area contributed by atoms with E-state index in [2.05, 4.69) is 4.98 Å². The summed E-state index contributed by atoms with van der Waals surface area (Å²) < 4.78 is 10.6. The second-order valence-electron chi connectivity index (χ2n) is 4.15. The van der Waals surface area contributed by atoms with Crippen molar-refractivity contribution in [2.45, 2.75) is 12.5 Å². The number of pyridine rings is 1. The lowest BCUT2D eigenvalue weighted by molar-refractivity contribution is 0.169. The molecule has 0 aliphatic carbocycles.